The molecule has 0 saturated carbocycles. The highest BCUT2D eigenvalue weighted by atomic mass is 35.5. The van der Waals surface area contributed by atoms with Gasteiger partial charge in [-0.1, -0.05) is 78.3 Å². The molecule has 1 N–H and O–H groups in total. The number of nitrogens with one attached hydrogen (secondary N) is 1. The fourth-order valence-corrected chi connectivity index (χ4v) is 4.01. The molecule has 0 saturated heterocycles. The molecule has 0 atom stereocenters. The van der Waals surface area contributed by atoms with Gasteiger partial charge in [0.05, 0.1) is 0 Å². The van der Waals surface area contributed by atoms with Crippen LogP contribution in [0.15, 0.2) is 78.9 Å². The van der Waals surface area contributed by atoms with Gasteiger partial charge in [0.25, 0.3) is 0 Å². The van der Waals surface area contributed by atoms with Gasteiger partial charge in [-0.25, -0.2) is 0 Å². The van der Waals surface area contributed by atoms with E-state index in [1.165, 1.54) is 27.7 Å². The van der Waals surface area contributed by atoms with Gasteiger partial charge in [0.2, 0.25) is 0 Å². The third-order valence-corrected chi connectivity index (χ3v) is 5.75. The van der Waals surface area contributed by atoms with Gasteiger partial charge < -0.3 is 9.88 Å². The zero-order valence-corrected chi connectivity index (χ0v) is 16.9. The highest BCUT2D eigenvalue weighted by Crippen LogP contribution is 2.28. The lowest BCUT2D eigenvalue weighted by molar-refractivity contribution is 0.681. The van der Waals surface area contributed by atoms with E-state index in [-0.39, 0.29) is 0 Å². The Kier molecular flexibility index (Phi) is 5.80. The van der Waals surface area contributed by atoms with Gasteiger partial charge in [-0.15, -0.1) is 0 Å². The molecule has 0 fully saturated rings. The van der Waals surface area contributed by atoms with E-state index in [9.17, 15) is 0 Å². The smallest absolute Gasteiger partial charge is 0.0493 e. The minimum absolute atomic E-state index is 0.788. The molecule has 0 aliphatic rings. The molecule has 3 heteroatoms. The first-order chi connectivity index (χ1) is 13.7. The standard InChI is InChI=1S/C25H25ClN2/c1-19-23(17-27-16-15-20-9-3-2-4-10-20)22-12-6-8-14-25(22)28(19)18-21-11-5-7-13-24(21)26/h2-14,27H,15-18H2,1H3. The van der Waals surface area contributed by atoms with E-state index in [2.05, 4.69) is 77.5 Å². The minimum atomic E-state index is 0.788. The number of nitrogens with zero attached hydrogens (tertiary/aromatic N) is 1. The summed E-state index contributed by atoms with van der Waals surface area (Å²) in [6.45, 7) is 4.84. The highest BCUT2D eigenvalue weighted by molar-refractivity contribution is 6.31. The predicted octanol–water partition coefficient (Wildman–Crippen LogP) is 5.98. The zero-order valence-electron chi connectivity index (χ0n) is 16.2. The average molecular weight is 389 g/mol. The maximum Gasteiger partial charge on any atom is 0.0493 e. The fourth-order valence-electron chi connectivity index (χ4n) is 3.82. The number of aromatic nitrogens is 1. The maximum absolute atomic E-state index is 6.42. The quantitative estimate of drug-likeness (QED) is 0.385. The van der Waals surface area contributed by atoms with Crippen molar-refractivity contribution in [3.8, 4) is 0 Å². The summed E-state index contributed by atoms with van der Waals surface area (Å²) in [6, 6.07) is 27.4. The zero-order chi connectivity index (χ0) is 19.3. The number of rotatable bonds is 7. The lowest BCUT2D eigenvalue weighted by Crippen LogP contribution is -2.17. The van der Waals surface area contributed by atoms with Crippen molar-refractivity contribution in [1.29, 1.82) is 0 Å². The van der Waals surface area contributed by atoms with Crippen LogP contribution in [-0.2, 0) is 19.5 Å². The first kappa shape index (κ1) is 18.8. The molecule has 3 aromatic carbocycles. The van der Waals surface area contributed by atoms with Gasteiger partial charge in [-0.3, -0.25) is 0 Å². The molecule has 4 aromatic rings. The van der Waals surface area contributed by atoms with E-state index in [0.717, 1.165) is 36.6 Å². The monoisotopic (exact) mass is 388 g/mol. The van der Waals surface area contributed by atoms with Crippen molar-refractivity contribution in [2.45, 2.75) is 26.4 Å². The van der Waals surface area contributed by atoms with Crippen LogP contribution >= 0.6 is 11.6 Å². The third kappa shape index (κ3) is 3.99. The second-order valence-electron chi connectivity index (χ2n) is 7.17. The molecular formula is C25H25ClN2. The molecule has 1 heterocycles. The summed E-state index contributed by atoms with van der Waals surface area (Å²) >= 11 is 6.42. The molecule has 0 spiro atoms. The van der Waals surface area contributed by atoms with Crippen molar-refractivity contribution in [3.63, 3.8) is 0 Å². The van der Waals surface area contributed by atoms with E-state index in [1.807, 2.05) is 18.2 Å². The molecular weight excluding hydrogens is 364 g/mol. The number of hydrogen-bond donors (Lipinski definition) is 1. The topological polar surface area (TPSA) is 17.0 Å². The lowest BCUT2D eigenvalue weighted by Gasteiger charge is -2.11. The van der Waals surface area contributed by atoms with Crippen LogP contribution in [0.2, 0.25) is 5.02 Å². The number of benzene rings is 3. The Bertz CT molecular complexity index is 1070. The van der Waals surface area contributed by atoms with Crippen LogP contribution in [-0.4, -0.2) is 11.1 Å². The summed E-state index contributed by atoms with van der Waals surface area (Å²) < 4.78 is 2.38. The third-order valence-electron chi connectivity index (χ3n) is 5.38. The molecule has 1 aromatic heterocycles. The molecule has 0 unspecified atom stereocenters. The van der Waals surface area contributed by atoms with Crippen LogP contribution in [0.1, 0.15) is 22.4 Å². The van der Waals surface area contributed by atoms with E-state index >= 15 is 0 Å². The van der Waals surface area contributed by atoms with Gasteiger partial charge in [-0.05, 0) is 48.7 Å². The predicted molar refractivity (Wildman–Crippen MR) is 119 cm³/mol. The Balaban J connectivity index is 1.55. The molecule has 0 aliphatic heterocycles. The summed E-state index contributed by atoms with van der Waals surface area (Å²) in [4.78, 5) is 0. The normalized spacial score (nSPS) is 11.2. The van der Waals surface area contributed by atoms with Crippen LogP contribution in [0.5, 0.6) is 0 Å². The molecule has 2 nitrogen and oxygen atoms in total. The molecule has 0 aliphatic carbocycles. The average Bonchev–Trinajstić information content (AvgIpc) is 2.99. The van der Waals surface area contributed by atoms with Crippen molar-refractivity contribution >= 4 is 22.5 Å². The number of hydrogen-bond acceptors (Lipinski definition) is 1. The number of fused-ring (bicyclic) bond motifs is 1. The van der Waals surface area contributed by atoms with Crippen LogP contribution in [0.3, 0.4) is 0 Å². The Morgan fingerprint density at radius 2 is 1.57 bits per heavy atom. The largest absolute Gasteiger partial charge is 0.340 e. The Morgan fingerprint density at radius 3 is 2.39 bits per heavy atom. The molecule has 142 valence electrons. The number of para-hydroxylation sites is 1. The first-order valence-corrected chi connectivity index (χ1v) is 10.2. The van der Waals surface area contributed by atoms with Gasteiger partial charge in [0.1, 0.15) is 0 Å². The van der Waals surface area contributed by atoms with Gasteiger partial charge >= 0.3 is 0 Å². The second kappa shape index (κ2) is 8.64. The lowest BCUT2D eigenvalue weighted by atomic mass is 10.1. The summed E-state index contributed by atoms with van der Waals surface area (Å²) in [7, 11) is 0. The van der Waals surface area contributed by atoms with Gasteiger partial charge in [0.15, 0.2) is 0 Å². The second-order valence-corrected chi connectivity index (χ2v) is 7.58. The van der Waals surface area contributed by atoms with Crippen molar-refractivity contribution < 1.29 is 0 Å². The van der Waals surface area contributed by atoms with Crippen LogP contribution in [0.25, 0.3) is 10.9 Å². The Morgan fingerprint density at radius 1 is 0.857 bits per heavy atom. The first-order valence-electron chi connectivity index (χ1n) is 9.79. The van der Waals surface area contributed by atoms with Gasteiger partial charge in [-0.2, -0.15) is 0 Å². The summed E-state index contributed by atoms with van der Waals surface area (Å²) in [5, 5.41) is 5.77. The molecule has 0 radical (unpaired) electrons. The summed E-state index contributed by atoms with van der Waals surface area (Å²) in [5.74, 6) is 0. The van der Waals surface area contributed by atoms with E-state index in [0.29, 0.717) is 0 Å². The Hall–Kier alpha value is -2.55. The Labute approximate surface area is 171 Å². The van der Waals surface area contributed by atoms with Crippen molar-refractivity contribution in [2.75, 3.05) is 6.54 Å². The molecule has 0 bridgehead atoms. The van der Waals surface area contributed by atoms with Crippen molar-refractivity contribution in [3.05, 3.63) is 106 Å². The molecule has 0 amide bonds. The SMILES string of the molecule is Cc1c(CNCCc2ccccc2)c2ccccc2n1Cc1ccccc1Cl. The van der Waals surface area contributed by atoms with Crippen molar-refractivity contribution in [1.82, 2.24) is 9.88 Å². The van der Waals surface area contributed by atoms with Crippen LogP contribution in [0.4, 0.5) is 0 Å². The van der Waals surface area contributed by atoms with Gasteiger partial charge in [0, 0.05) is 34.7 Å². The van der Waals surface area contributed by atoms with Crippen LogP contribution < -0.4 is 5.32 Å². The maximum atomic E-state index is 6.42. The van der Waals surface area contributed by atoms with Crippen molar-refractivity contribution in [2.24, 2.45) is 0 Å². The minimum Gasteiger partial charge on any atom is -0.340 e. The number of halogens is 1. The van der Waals surface area contributed by atoms with Crippen LogP contribution in [0, 0.1) is 6.92 Å². The summed E-state index contributed by atoms with van der Waals surface area (Å²) in [5.41, 5.74) is 6.45. The molecule has 4 rings (SSSR count). The van der Waals surface area contributed by atoms with E-state index < -0.39 is 0 Å². The summed E-state index contributed by atoms with van der Waals surface area (Å²) in [6.07, 6.45) is 1.04. The fraction of sp³-hybridized carbons (Fsp3) is 0.200. The highest BCUT2D eigenvalue weighted by Gasteiger charge is 2.14. The molecule has 28 heavy (non-hydrogen) atoms. The van der Waals surface area contributed by atoms with E-state index in [4.69, 9.17) is 11.6 Å². The van der Waals surface area contributed by atoms with E-state index in [1.54, 1.807) is 0 Å².